The maximum Gasteiger partial charge on any atom is 0.146 e. The molecule has 2 bridgehead atoms. The van der Waals surface area contributed by atoms with E-state index < -0.39 is 23.7 Å². The Bertz CT molecular complexity index is 594. The normalized spacial score (nSPS) is 53.7. The molecule has 4 nitrogen and oxygen atoms in total. The van der Waals surface area contributed by atoms with Gasteiger partial charge >= 0.3 is 0 Å². The lowest BCUT2D eigenvalue weighted by Crippen LogP contribution is -2.48. The fourth-order valence-electron chi connectivity index (χ4n) is 6.44. The molecule has 4 heteroatoms. The van der Waals surface area contributed by atoms with Crippen molar-refractivity contribution in [3.8, 4) is 0 Å². The second kappa shape index (κ2) is 4.47. The van der Waals surface area contributed by atoms with Crippen LogP contribution in [0.3, 0.4) is 0 Å². The molecule has 3 saturated carbocycles. The fourth-order valence-corrected chi connectivity index (χ4v) is 6.44. The van der Waals surface area contributed by atoms with Crippen LogP contribution >= 0.6 is 0 Å². The van der Waals surface area contributed by atoms with Crippen LogP contribution in [-0.4, -0.2) is 39.4 Å². The summed E-state index contributed by atoms with van der Waals surface area (Å²) in [5.74, 6) is 0.914. The van der Waals surface area contributed by atoms with E-state index in [1.54, 1.807) is 0 Å². The average molecular weight is 320 g/mol. The standard InChI is InChI=1S/C19H28O4/c1-10-7-13-14(17(13,2)3)11-8-18(23,9-20)16(22)12-5-4-6-19(10,12)15(11)21/h5,10-11,13-14,16,20,22-23H,4,6-9H2,1-3H3/t10-,11+,13-,14+,16+,18+,19+/m1/s1. The Morgan fingerprint density at radius 2 is 2.04 bits per heavy atom. The van der Waals surface area contributed by atoms with Crippen molar-refractivity contribution in [3.05, 3.63) is 11.6 Å². The van der Waals surface area contributed by atoms with Gasteiger partial charge in [0, 0.05) is 5.92 Å². The molecule has 0 aromatic rings. The quantitative estimate of drug-likeness (QED) is 0.642. The molecule has 0 amide bonds. The summed E-state index contributed by atoms with van der Waals surface area (Å²) in [6.07, 6.45) is 3.53. The summed E-state index contributed by atoms with van der Waals surface area (Å²) in [7, 11) is 0. The van der Waals surface area contributed by atoms with Crippen molar-refractivity contribution in [1.82, 2.24) is 0 Å². The second-order valence-electron chi connectivity index (χ2n) is 9.10. The summed E-state index contributed by atoms with van der Waals surface area (Å²) in [6, 6.07) is 0. The Labute approximate surface area is 137 Å². The molecular weight excluding hydrogens is 292 g/mol. The zero-order chi connectivity index (χ0) is 16.8. The molecule has 0 heterocycles. The topological polar surface area (TPSA) is 77.8 Å². The summed E-state index contributed by atoms with van der Waals surface area (Å²) < 4.78 is 0. The molecule has 0 saturated heterocycles. The minimum atomic E-state index is -1.60. The van der Waals surface area contributed by atoms with E-state index in [1.807, 2.05) is 6.08 Å². The van der Waals surface area contributed by atoms with Crippen LogP contribution in [0.25, 0.3) is 0 Å². The van der Waals surface area contributed by atoms with Crippen LogP contribution in [0.4, 0.5) is 0 Å². The first kappa shape index (κ1) is 15.8. The van der Waals surface area contributed by atoms with Gasteiger partial charge < -0.3 is 15.3 Å². The van der Waals surface area contributed by atoms with Gasteiger partial charge in [-0.25, -0.2) is 0 Å². The first-order chi connectivity index (χ1) is 10.7. The fraction of sp³-hybridized carbons (Fsp3) is 0.842. The van der Waals surface area contributed by atoms with E-state index in [1.165, 1.54) is 0 Å². The van der Waals surface area contributed by atoms with Gasteiger partial charge in [-0.3, -0.25) is 4.79 Å². The summed E-state index contributed by atoms with van der Waals surface area (Å²) >= 11 is 0. The van der Waals surface area contributed by atoms with Gasteiger partial charge in [0.1, 0.15) is 17.5 Å². The summed E-state index contributed by atoms with van der Waals surface area (Å²) in [4.78, 5) is 13.6. The van der Waals surface area contributed by atoms with E-state index >= 15 is 0 Å². The first-order valence-corrected chi connectivity index (χ1v) is 8.96. The van der Waals surface area contributed by atoms with Gasteiger partial charge in [-0.1, -0.05) is 26.8 Å². The van der Waals surface area contributed by atoms with Crippen molar-refractivity contribution in [3.63, 3.8) is 0 Å². The molecule has 0 aromatic heterocycles. The third-order valence-electron chi connectivity index (χ3n) is 7.87. The summed E-state index contributed by atoms with van der Waals surface area (Å²) in [5, 5.41) is 31.6. The van der Waals surface area contributed by atoms with E-state index in [9.17, 15) is 20.1 Å². The van der Waals surface area contributed by atoms with Gasteiger partial charge in [-0.15, -0.1) is 0 Å². The molecule has 1 spiro atoms. The highest BCUT2D eigenvalue weighted by atomic mass is 16.4. The number of carbonyl (C=O) groups excluding carboxylic acids is 1. The highest BCUT2D eigenvalue weighted by Gasteiger charge is 2.71. The number of aliphatic hydroxyl groups is 3. The number of ketones is 1. The molecule has 0 radical (unpaired) electrons. The molecule has 23 heavy (non-hydrogen) atoms. The molecule has 0 unspecified atom stereocenters. The molecule has 128 valence electrons. The number of carbonyl (C=O) groups is 1. The predicted molar refractivity (Wildman–Crippen MR) is 85.4 cm³/mol. The molecule has 3 fully saturated rings. The van der Waals surface area contributed by atoms with E-state index in [2.05, 4.69) is 20.8 Å². The molecule has 4 aliphatic carbocycles. The van der Waals surface area contributed by atoms with Crippen LogP contribution in [0.1, 0.15) is 46.5 Å². The number of hydrogen-bond acceptors (Lipinski definition) is 4. The average Bonchev–Trinajstić information content (AvgIpc) is 2.88. The maximum absolute atomic E-state index is 13.6. The van der Waals surface area contributed by atoms with Crippen LogP contribution in [0.15, 0.2) is 11.6 Å². The first-order valence-electron chi connectivity index (χ1n) is 8.96. The Hall–Kier alpha value is -0.710. The van der Waals surface area contributed by atoms with Crippen molar-refractivity contribution in [1.29, 1.82) is 0 Å². The Morgan fingerprint density at radius 1 is 1.35 bits per heavy atom. The highest BCUT2D eigenvalue weighted by Crippen LogP contribution is 2.71. The number of aliphatic hydroxyl groups excluding tert-OH is 2. The minimum absolute atomic E-state index is 0.115. The molecular formula is C19H28O4. The lowest BCUT2D eigenvalue weighted by atomic mass is 9.64. The third-order valence-corrected chi connectivity index (χ3v) is 7.87. The van der Waals surface area contributed by atoms with E-state index in [0.717, 1.165) is 19.3 Å². The molecule has 0 aliphatic heterocycles. The van der Waals surface area contributed by atoms with Crippen LogP contribution in [-0.2, 0) is 4.79 Å². The number of allylic oxidation sites excluding steroid dienone is 1. The molecule has 3 N–H and O–H groups in total. The highest BCUT2D eigenvalue weighted by molar-refractivity contribution is 5.93. The lowest BCUT2D eigenvalue weighted by Gasteiger charge is -2.39. The number of fused-ring (bicyclic) bond motifs is 3. The van der Waals surface area contributed by atoms with E-state index in [4.69, 9.17) is 0 Å². The summed E-state index contributed by atoms with van der Waals surface area (Å²) in [6.45, 7) is 6.06. The molecule has 7 atom stereocenters. The van der Waals surface area contributed by atoms with Gasteiger partial charge in [-0.05, 0) is 54.4 Å². The largest absolute Gasteiger partial charge is 0.393 e. The zero-order valence-corrected chi connectivity index (χ0v) is 14.2. The predicted octanol–water partition coefficient (Wildman–Crippen LogP) is 1.68. The van der Waals surface area contributed by atoms with Crippen LogP contribution < -0.4 is 0 Å². The molecule has 0 aromatic carbocycles. The van der Waals surface area contributed by atoms with E-state index in [-0.39, 0.29) is 35.4 Å². The Morgan fingerprint density at radius 3 is 2.70 bits per heavy atom. The molecule has 4 aliphatic rings. The van der Waals surface area contributed by atoms with Crippen molar-refractivity contribution in [2.45, 2.75) is 58.2 Å². The van der Waals surface area contributed by atoms with Crippen molar-refractivity contribution >= 4 is 5.78 Å². The third kappa shape index (κ3) is 1.70. The van der Waals surface area contributed by atoms with Crippen LogP contribution in [0.2, 0.25) is 0 Å². The number of Topliss-reactive ketones (excluding diaryl/α,β-unsaturated/α-hetero) is 1. The Balaban J connectivity index is 1.90. The van der Waals surface area contributed by atoms with Crippen LogP contribution in [0.5, 0.6) is 0 Å². The van der Waals surface area contributed by atoms with Gasteiger partial charge in [-0.2, -0.15) is 0 Å². The monoisotopic (exact) mass is 320 g/mol. The molecule has 4 rings (SSSR count). The van der Waals surface area contributed by atoms with E-state index in [0.29, 0.717) is 11.5 Å². The van der Waals surface area contributed by atoms with Gasteiger partial charge in [0.25, 0.3) is 0 Å². The summed E-state index contributed by atoms with van der Waals surface area (Å²) in [5.41, 5.74) is -1.41. The van der Waals surface area contributed by atoms with Gasteiger partial charge in [0.2, 0.25) is 0 Å². The maximum atomic E-state index is 13.6. The van der Waals surface area contributed by atoms with Crippen molar-refractivity contribution < 1.29 is 20.1 Å². The van der Waals surface area contributed by atoms with Crippen LogP contribution in [0, 0.1) is 34.5 Å². The minimum Gasteiger partial charge on any atom is -0.393 e. The Kier molecular flexibility index (Phi) is 3.07. The van der Waals surface area contributed by atoms with Gasteiger partial charge in [0.15, 0.2) is 0 Å². The zero-order valence-electron chi connectivity index (χ0n) is 14.2. The SMILES string of the molecule is C[C@@H]1C[C@@H]2[C@H]([C@@H]3C[C@](O)(CO)[C@@H](O)C4=CCC[C@@]41C3=O)C2(C)C. The van der Waals surface area contributed by atoms with Crippen molar-refractivity contribution in [2.75, 3.05) is 6.61 Å². The second-order valence-corrected chi connectivity index (χ2v) is 9.10. The number of hydrogen-bond donors (Lipinski definition) is 3. The smallest absolute Gasteiger partial charge is 0.146 e. The lowest BCUT2D eigenvalue weighted by molar-refractivity contribution is -0.135. The number of rotatable bonds is 1. The van der Waals surface area contributed by atoms with Gasteiger partial charge in [0.05, 0.1) is 12.0 Å². The van der Waals surface area contributed by atoms with Crippen molar-refractivity contribution in [2.24, 2.45) is 34.5 Å².